The van der Waals surface area contributed by atoms with Gasteiger partial charge < -0.3 is 24.0 Å². The van der Waals surface area contributed by atoms with Gasteiger partial charge in [-0.05, 0) is 35.6 Å². The largest absolute Gasteiger partial charge is 0.493 e. The maximum Gasteiger partial charge on any atom is 0.242 e. The highest BCUT2D eigenvalue weighted by atomic mass is 32.1. The first-order chi connectivity index (χ1) is 15.1. The third-order valence-electron chi connectivity index (χ3n) is 5.43. The van der Waals surface area contributed by atoms with Crippen LogP contribution in [0.5, 0.6) is 11.5 Å². The summed E-state index contributed by atoms with van der Waals surface area (Å²) in [7, 11) is 3.19. The van der Waals surface area contributed by atoms with Gasteiger partial charge in [0.15, 0.2) is 11.5 Å². The number of thiophene rings is 1. The van der Waals surface area contributed by atoms with Gasteiger partial charge in [0.05, 0.1) is 26.3 Å². The van der Waals surface area contributed by atoms with E-state index in [1.165, 1.54) is 4.88 Å². The van der Waals surface area contributed by atoms with Crippen molar-refractivity contribution in [3.05, 3.63) is 46.2 Å². The molecule has 168 valence electrons. The normalized spacial score (nSPS) is 15.3. The summed E-state index contributed by atoms with van der Waals surface area (Å²) in [6, 6.07) is 9.33. The second kappa shape index (κ2) is 11.2. The number of benzene rings is 1. The molecular weight excluding hydrogens is 416 g/mol. The Morgan fingerprint density at radius 2 is 1.97 bits per heavy atom. The molecule has 1 aliphatic heterocycles. The Labute approximate surface area is 187 Å². The highest BCUT2D eigenvalue weighted by Gasteiger charge is 2.33. The van der Waals surface area contributed by atoms with Crippen molar-refractivity contribution < 1.29 is 23.8 Å². The summed E-state index contributed by atoms with van der Waals surface area (Å²) in [6.07, 6.45) is 1.16. The molecule has 0 bridgehead atoms. The molecule has 7 nitrogen and oxygen atoms in total. The number of hydrogen-bond donors (Lipinski definition) is 0. The molecule has 0 radical (unpaired) electrons. The molecule has 0 N–H and O–H groups in total. The summed E-state index contributed by atoms with van der Waals surface area (Å²) in [6.45, 7) is 3.55. The molecular formula is C23H30N2O5S. The molecule has 0 spiro atoms. The van der Waals surface area contributed by atoms with Gasteiger partial charge >= 0.3 is 0 Å². The van der Waals surface area contributed by atoms with E-state index < -0.39 is 0 Å². The summed E-state index contributed by atoms with van der Waals surface area (Å²) >= 11 is 1.71. The summed E-state index contributed by atoms with van der Waals surface area (Å²) in [5.74, 6) is 1.16. The molecule has 2 aromatic rings. The van der Waals surface area contributed by atoms with Crippen molar-refractivity contribution in [2.24, 2.45) is 0 Å². The van der Waals surface area contributed by atoms with E-state index in [4.69, 9.17) is 14.2 Å². The van der Waals surface area contributed by atoms with Crippen molar-refractivity contribution >= 4 is 23.2 Å². The van der Waals surface area contributed by atoms with Gasteiger partial charge in [0.1, 0.15) is 6.61 Å². The molecule has 0 saturated carbocycles. The molecule has 1 aliphatic rings. The molecule has 1 aromatic carbocycles. The van der Waals surface area contributed by atoms with Crippen molar-refractivity contribution in [2.45, 2.75) is 25.8 Å². The lowest BCUT2D eigenvalue weighted by molar-refractivity contribution is -0.143. The van der Waals surface area contributed by atoms with Gasteiger partial charge in [-0.3, -0.25) is 9.59 Å². The number of carbonyl (C=O) groups excluding carboxylic acids is 2. The first kappa shape index (κ1) is 23.1. The molecule has 0 aliphatic carbocycles. The Balaban J connectivity index is 1.77. The number of para-hydroxylation sites is 2. The van der Waals surface area contributed by atoms with Crippen molar-refractivity contribution in [2.75, 3.05) is 47.1 Å². The summed E-state index contributed by atoms with van der Waals surface area (Å²) < 4.78 is 16.6. The Hall–Kier alpha value is -2.58. The fourth-order valence-corrected chi connectivity index (χ4v) is 4.68. The lowest BCUT2D eigenvalue weighted by Gasteiger charge is -2.37. The third kappa shape index (κ3) is 5.57. The zero-order valence-corrected chi connectivity index (χ0v) is 19.2. The molecule has 2 heterocycles. The lowest BCUT2D eigenvalue weighted by Crippen LogP contribution is -2.48. The second-order valence-electron chi connectivity index (χ2n) is 7.28. The maximum absolute atomic E-state index is 13.3. The Morgan fingerprint density at radius 3 is 2.68 bits per heavy atom. The van der Waals surface area contributed by atoms with Crippen LogP contribution in [0.15, 0.2) is 35.7 Å². The smallest absolute Gasteiger partial charge is 0.242 e. The van der Waals surface area contributed by atoms with E-state index in [2.05, 4.69) is 11.4 Å². The molecule has 1 aromatic heterocycles. The van der Waals surface area contributed by atoms with Gasteiger partial charge in [-0.2, -0.15) is 0 Å². The van der Waals surface area contributed by atoms with Gasteiger partial charge in [0.25, 0.3) is 0 Å². The average Bonchev–Trinajstić information content (AvgIpc) is 3.28. The minimum absolute atomic E-state index is 0.0423. The van der Waals surface area contributed by atoms with Crippen molar-refractivity contribution in [3.8, 4) is 11.5 Å². The van der Waals surface area contributed by atoms with Crippen LogP contribution in [0.1, 0.15) is 29.8 Å². The van der Waals surface area contributed by atoms with Crippen LogP contribution in [0.4, 0.5) is 0 Å². The topological polar surface area (TPSA) is 68.3 Å². The number of nitrogens with zero attached hydrogens (tertiary/aromatic N) is 2. The van der Waals surface area contributed by atoms with Crippen LogP contribution in [0, 0.1) is 0 Å². The maximum atomic E-state index is 13.3. The lowest BCUT2D eigenvalue weighted by atomic mass is 10.0. The zero-order chi connectivity index (χ0) is 22.2. The van der Waals surface area contributed by atoms with Crippen LogP contribution in [0.3, 0.4) is 0 Å². The van der Waals surface area contributed by atoms with E-state index in [9.17, 15) is 9.59 Å². The number of fused-ring (bicyclic) bond motifs is 1. The monoisotopic (exact) mass is 446 g/mol. The molecule has 0 saturated heterocycles. The Morgan fingerprint density at radius 1 is 1.19 bits per heavy atom. The van der Waals surface area contributed by atoms with Gasteiger partial charge in [0, 0.05) is 31.5 Å². The van der Waals surface area contributed by atoms with Crippen LogP contribution in [-0.2, 0) is 20.7 Å². The van der Waals surface area contributed by atoms with E-state index in [0.29, 0.717) is 44.2 Å². The molecule has 31 heavy (non-hydrogen) atoms. The highest BCUT2D eigenvalue weighted by Crippen LogP contribution is 2.35. The minimum Gasteiger partial charge on any atom is -0.493 e. The second-order valence-corrected chi connectivity index (χ2v) is 8.28. The summed E-state index contributed by atoms with van der Waals surface area (Å²) in [5.41, 5.74) is 1.12. The quantitative estimate of drug-likeness (QED) is 0.561. The average molecular weight is 447 g/mol. The predicted molar refractivity (Wildman–Crippen MR) is 120 cm³/mol. The minimum atomic E-state index is -0.214. The van der Waals surface area contributed by atoms with Crippen LogP contribution in [-0.4, -0.2) is 68.7 Å². The summed E-state index contributed by atoms with van der Waals surface area (Å²) in [4.78, 5) is 30.3. The van der Waals surface area contributed by atoms with Crippen molar-refractivity contribution in [1.29, 1.82) is 0 Å². The molecule has 0 unspecified atom stereocenters. The fourth-order valence-electron chi connectivity index (χ4n) is 3.75. The van der Waals surface area contributed by atoms with E-state index in [-0.39, 0.29) is 24.4 Å². The van der Waals surface area contributed by atoms with Crippen molar-refractivity contribution in [1.82, 2.24) is 9.80 Å². The van der Waals surface area contributed by atoms with E-state index >= 15 is 0 Å². The van der Waals surface area contributed by atoms with Crippen molar-refractivity contribution in [3.63, 3.8) is 0 Å². The van der Waals surface area contributed by atoms with Gasteiger partial charge in [0.2, 0.25) is 11.8 Å². The molecule has 8 heteroatoms. The standard InChI is InChI=1S/C23H30N2O5S/c1-4-22(26)24(12-13-28-2)15-23(27)25-11-9-21-17(10-14-31-21)18(25)16-30-20-8-6-5-7-19(20)29-3/h5-8,10,14,18H,4,9,11-13,15-16H2,1-3H3/t18-/m1/s1. The molecule has 0 fully saturated rings. The van der Waals surface area contributed by atoms with Crippen LogP contribution >= 0.6 is 11.3 Å². The molecule has 1 atom stereocenters. The van der Waals surface area contributed by atoms with E-state index in [1.54, 1.807) is 37.4 Å². The Bertz CT molecular complexity index is 884. The van der Waals surface area contributed by atoms with Gasteiger partial charge in [-0.1, -0.05) is 19.1 Å². The first-order valence-corrected chi connectivity index (χ1v) is 11.3. The van der Waals surface area contributed by atoms with Crippen LogP contribution < -0.4 is 9.47 Å². The summed E-state index contributed by atoms with van der Waals surface area (Å²) in [5, 5.41) is 2.06. The molecule has 2 amide bonds. The number of amides is 2. The van der Waals surface area contributed by atoms with Crippen LogP contribution in [0.2, 0.25) is 0 Å². The molecule has 3 rings (SSSR count). The van der Waals surface area contributed by atoms with E-state index in [0.717, 1.165) is 12.0 Å². The highest BCUT2D eigenvalue weighted by molar-refractivity contribution is 7.10. The van der Waals surface area contributed by atoms with Crippen LogP contribution in [0.25, 0.3) is 0 Å². The van der Waals surface area contributed by atoms with Gasteiger partial charge in [-0.25, -0.2) is 0 Å². The fraction of sp³-hybridized carbons (Fsp3) is 0.478. The number of carbonyl (C=O) groups is 2. The number of methoxy groups -OCH3 is 2. The van der Waals surface area contributed by atoms with E-state index in [1.807, 2.05) is 29.2 Å². The number of ether oxygens (including phenoxy) is 3. The van der Waals surface area contributed by atoms with Gasteiger partial charge in [-0.15, -0.1) is 11.3 Å². The SMILES string of the molecule is CCC(=O)N(CCOC)CC(=O)N1CCc2sccc2[C@H]1COc1ccccc1OC. The first-order valence-electron chi connectivity index (χ1n) is 10.5. The predicted octanol–water partition coefficient (Wildman–Crippen LogP) is 3.15. The number of hydrogen-bond acceptors (Lipinski definition) is 6. The third-order valence-corrected chi connectivity index (χ3v) is 6.42. The Kier molecular flexibility index (Phi) is 8.31. The number of rotatable bonds is 10. The zero-order valence-electron chi connectivity index (χ0n) is 18.3.